The molecule has 0 fully saturated rings. The summed E-state index contributed by atoms with van der Waals surface area (Å²) in [5.41, 5.74) is 4.76. The maximum atomic E-state index is 12.2. The van der Waals surface area contributed by atoms with Gasteiger partial charge in [-0.05, 0) is 35.9 Å². The van der Waals surface area contributed by atoms with Crippen molar-refractivity contribution in [3.63, 3.8) is 0 Å². The van der Waals surface area contributed by atoms with E-state index in [1.807, 2.05) is 5.43 Å². The van der Waals surface area contributed by atoms with Crippen molar-refractivity contribution in [1.29, 1.82) is 0 Å². The number of ether oxygens (including phenoxy) is 2. The van der Waals surface area contributed by atoms with E-state index in [0.29, 0.717) is 16.9 Å². The SMILES string of the molecule is COc1ccc(C(=O)NNCC(F)(F)F)cc1C=Cc1ccc(OC(F)(F)F)cc1. The molecule has 2 rings (SSSR count). The Labute approximate surface area is 167 Å². The van der Waals surface area contributed by atoms with E-state index < -0.39 is 25.0 Å². The van der Waals surface area contributed by atoms with E-state index in [0.717, 1.165) is 12.1 Å². The minimum atomic E-state index is -4.79. The van der Waals surface area contributed by atoms with Crippen LogP contribution in [0.1, 0.15) is 21.5 Å². The van der Waals surface area contributed by atoms with E-state index >= 15 is 0 Å². The first kappa shape index (κ1) is 23.1. The zero-order valence-electron chi connectivity index (χ0n) is 15.4. The molecular formula is C19H16F6N2O3. The van der Waals surface area contributed by atoms with Crippen LogP contribution in [-0.2, 0) is 0 Å². The van der Waals surface area contributed by atoms with E-state index in [4.69, 9.17) is 4.74 Å². The monoisotopic (exact) mass is 434 g/mol. The molecule has 0 heterocycles. The Morgan fingerprint density at radius 3 is 2.23 bits per heavy atom. The number of alkyl halides is 6. The van der Waals surface area contributed by atoms with Gasteiger partial charge in [0.1, 0.15) is 18.0 Å². The molecule has 2 aromatic rings. The summed E-state index contributed by atoms with van der Waals surface area (Å²) in [6.07, 6.45) is -6.18. The molecule has 30 heavy (non-hydrogen) atoms. The van der Waals surface area contributed by atoms with Crippen LogP contribution in [0.5, 0.6) is 11.5 Å². The molecule has 0 aliphatic carbocycles. The summed E-state index contributed by atoms with van der Waals surface area (Å²) in [6.45, 7) is -1.39. The Morgan fingerprint density at radius 1 is 1.00 bits per heavy atom. The number of nitrogens with one attached hydrogen (secondary N) is 2. The number of benzene rings is 2. The van der Waals surface area contributed by atoms with Gasteiger partial charge in [-0.15, -0.1) is 13.2 Å². The van der Waals surface area contributed by atoms with Crippen molar-refractivity contribution in [3.8, 4) is 11.5 Å². The molecule has 0 unspecified atom stereocenters. The molecule has 0 aliphatic rings. The highest BCUT2D eigenvalue weighted by atomic mass is 19.4. The quantitative estimate of drug-likeness (QED) is 0.381. The normalized spacial score (nSPS) is 12.1. The lowest BCUT2D eigenvalue weighted by molar-refractivity contribution is -0.274. The van der Waals surface area contributed by atoms with Crippen molar-refractivity contribution in [3.05, 3.63) is 59.2 Å². The van der Waals surface area contributed by atoms with Gasteiger partial charge in [0.05, 0.1) is 7.11 Å². The molecule has 2 N–H and O–H groups in total. The van der Waals surface area contributed by atoms with Gasteiger partial charge >= 0.3 is 12.5 Å². The molecule has 0 bridgehead atoms. The molecule has 162 valence electrons. The van der Waals surface area contributed by atoms with E-state index in [1.54, 1.807) is 17.6 Å². The first-order chi connectivity index (χ1) is 14.0. The average Bonchev–Trinajstić information content (AvgIpc) is 2.65. The Morgan fingerprint density at radius 2 is 1.67 bits per heavy atom. The number of hydrogen-bond acceptors (Lipinski definition) is 4. The Bertz CT molecular complexity index is 893. The summed E-state index contributed by atoms with van der Waals surface area (Å²) >= 11 is 0. The first-order valence-electron chi connectivity index (χ1n) is 8.29. The van der Waals surface area contributed by atoms with Crippen molar-refractivity contribution < 1.29 is 40.6 Å². The van der Waals surface area contributed by atoms with E-state index in [-0.39, 0.29) is 11.3 Å². The topological polar surface area (TPSA) is 59.6 Å². The van der Waals surface area contributed by atoms with Crippen LogP contribution in [0.4, 0.5) is 26.3 Å². The third-order valence-electron chi connectivity index (χ3n) is 3.55. The number of hydrogen-bond donors (Lipinski definition) is 2. The maximum Gasteiger partial charge on any atom is 0.573 e. The van der Waals surface area contributed by atoms with Gasteiger partial charge in [-0.3, -0.25) is 10.2 Å². The molecule has 11 heteroatoms. The lowest BCUT2D eigenvalue weighted by atomic mass is 10.1. The predicted octanol–water partition coefficient (Wildman–Crippen LogP) is 4.56. The summed E-state index contributed by atoms with van der Waals surface area (Å²) in [5.74, 6) is -0.782. The number of halogens is 6. The number of carbonyl (C=O) groups excluding carboxylic acids is 1. The molecule has 0 aromatic heterocycles. The van der Waals surface area contributed by atoms with Gasteiger partial charge in [0, 0.05) is 11.1 Å². The lowest BCUT2D eigenvalue weighted by Gasteiger charge is -2.11. The molecule has 0 atom stereocenters. The van der Waals surface area contributed by atoms with E-state index in [1.165, 1.54) is 37.4 Å². The second kappa shape index (κ2) is 9.53. The molecule has 5 nitrogen and oxygen atoms in total. The van der Waals surface area contributed by atoms with Crippen molar-refractivity contribution in [1.82, 2.24) is 10.9 Å². The van der Waals surface area contributed by atoms with Crippen LogP contribution >= 0.6 is 0 Å². The number of hydrazine groups is 1. The highest BCUT2D eigenvalue weighted by Gasteiger charge is 2.31. The number of rotatable bonds is 7. The molecular weight excluding hydrogens is 418 g/mol. The van der Waals surface area contributed by atoms with E-state index in [2.05, 4.69) is 4.74 Å². The zero-order chi connectivity index (χ0) is 22.4. The van der Waals surface area contributed by atoms with Crippen molar-refractivity contribution in [2.75, 3.05) is 13.7 Å². The third kappa shape index (κ3) is 7.66. The zero-order valence-corrected chi connectivity index (χ0v) is 15.4. The minimum Gasteiger partial charge on any atom is -0.496 e. The predicted molar refractivity (Wildman–Crippen MR) is 96.6 cm³/mol. The fourth-order valence-electron chi connectivity index (χ4n) is 2.27. The third-order valence-corrected chi connectivity index (χ3v) is 3.55. The minimum absolute atomic E-state index is 0.0686. The van der Waals surface area contributed by atoms with Crippen LogP contribution in [-0.4, -0.2) is 32.1 Å². The van der Waals surface area contributed by atoms with Crippen LogP contribution in [0.3, 0.4) is 0 Å². The largest absolute Gasteiger partial charge is 0.573 e. The molecule has 0 saturated heterocycles. The van der Waals surface area contributed by atoms with E-state index in [9.17, 15) is 31.1 Å². The summed E-state index contributed by atoms with van der Waals surface area (Å²) in [5, 5.41) is 0. The number of methoxy groups -OCH3 is 1. The van der Waals surface area contributed by atoms with Crippen molar-refractivity contribution in [2.24, 2.45) is 0 Å². The molecule has 0 aliphatic heterocycles. The molecule has 1 amide bonds. The van der Waals surface area contributed by atoms with Crippen molar-refractivity contribution in [2.45, 2.75) is 12.5 Å². The molecule has 0 spiro atoms. The fraction of sp³-hybridized carbons (Fsp3) is 0.211. The Kier molecular flexibility index (Phi) is 7.33. The van der Waals surface area contributed by atoms with Crippen LogP contribution < -0.4 is 20.3 Å². The van der Waals surface area contributed by atoms with Gasteiger partial charge in [-0.25, -0.2) is 5.43 Å². The Hall–Kier alpha value is -3.21. The summed E-state index contributed by atoms with van der Waals surface area (Å²) in [7, 11) is 1.39. The van der Waals surface area contributed by atoms with Gasteiger partial charge in [0.2, 0.25) is 0 Å². The number of carbonyl (C=O) groups is 1. The highest BCUT2D eigenvalue weighted by molar-refractivity contribution is 5.95. The molecule has 0 radical (unpaired) electrons. The van der Waals surface area contributed by atoms with Crippen molar-refractivity contribution >= 4 is 18.1 Å². The van der Waals surface area contributed by atoms with Gasteiger partial charge in [-0.1, -0.05) is 24.3 Å². The highest BCUT2D eigenvalue weighted by Crippen LogP contribution is 2.25. The fourth-order valence-corrected chi connectivity index (χ4v) is 2.27. The van der Waals surface area contributed by atoms with Gasteiger partial charge < -0.3 is 9.47 Å². The maximum absolute atomic E-state index is 12.2. The van der Waals surface area contributed by atoms with Crippen LogP contribution in [0.2, 0.25) is 0 Å². The second-order valence-corrected chi connectivity index (χ2v) is 5.83. The van der Waals surface area contributed by atoms with Gasteiger partial charge in [0.25, 0.3) is 5.91 Å². The standard InChI is InChI=1S/C19H16F6N2O3/c1-29-16-9-6-14(17(28)27-26-11-18(20,21)22)10-13(16)5-2-12-3-7-15(8-4-12)30-19(23,24)25/h2-10,26H,11H2,1H3,(H,27,28). The first-order valence-corrected chi connectivity index (χ1v) is 8.29. The average molecular weight is 434 g/mol. The second-order valence-electron chi connectivity index (χ2n) is 5.83. The van der Waals surface area contributed by atoms with Gasteiger partial charge in [0.15, 0.2) is 0 Å². The van der Waals surface area contributed by atoms with Crippen LogP contribution in [0.15, 0.2) is 42.5 Å². The van der Waals surface area contributed by atoms with Crippen LogP contribution in [0, 0.1) is 0 Å². The summed E-state index contributed by atoms with van der Waals surface area (Å²) in [4.78, 5) is 12.0. The number of amides is 1. The lowest BCUT2D eigenvalue weighted by Crippen LogP contribution is -2.42. The van der Waals surface area contributed by atoms with Gasteiger partial charge in [-0.2, -0.15) is 13.2 Å². The Balaban J connectivity index is 2.12. The van der Waals surface area contributed by atoms with Crippen LogP contribution in [0.25, 0.3) is 12.2 Å². The summed E-state index contributed by atoms with van der Waals surface area (Å²) in [6, 6.07) is 9.27. The molecule has 2 aromatic carbocycles. The molecule has 0 saturated carbocycles. The smallest absolute Gasteiger partial charge is 0.496 e. The summed E-state index contributed by atoms with van der Waals surface area (Å²) < 4.78 is 81.9.